The number of hydrogen-bond acceptors (Lipinski definition) is 0. The molecule has 2 aliphatic carbocycles. The number of hydrogen-bond donors (Lipinski definition) is 0. The average Bonchev–Trinajstić information content (AvgIpc) is 2.90. The van der Waals surface area contributed by atoms with Crippen molar-refractivity contribution in [1.82, 2.24) is 0 Å². The Bertz CT molecular complexity index is 1140. The predicted octanol–water partition coefficient (Wildman–Crippen LogP) is 14.0. The SMILES string of the molecule is CC1=C(/C=C/C(C)=C/C=C/C(C)=C/C=C/C=C(C)/C=C/C=C(C)/C=C/C2=C(C)CCCC2(C)C)C(C)(C)CCC1.ClCCl. The van der Waals surface area contributed by atoms with E-state index in [1.165, 1.54) is 72.0 Å². The average molecular weight is 622 g/mol. The van der Waals surface area contributed by atoms with Gasteiger partial charge in [0.05, 0.1) is 5.34 Å². The Balaban J connectivity index is 0.00000295. The van der Waals surface area contributed by atoms with Crippen LogP contribution in [0.5, 0.6) is 0 Å². The number of allylic oxidation sites excluding steroid dienone is 22. The first-order valence-electron chi connectivity index (χ1n) is 15.8. The Hall–Kier alpha value is -2.28. The maximum absolute atomic E-state index is 4.76. The van der Waals surface area contributed by atoms with E-state index >= 15 is 0 Å². The van der Waals surface area contributed by atoms with Crippen LogP contribution in [0, 0.1) is 10.8 Å². The summed E-state index contributed by atoms with van der Waals surface area (Å²) in [5.41, 5.74) is 11.7. The summed E-state index contributed by atoms with van der Waals surface area (Å²) in [5.74, 6) is 0. The maximum Gasteiger partial charge on any atom is 0.0967 e. The quantitative estimate of drug-likeness (QED) is 0.168. The summed E-state index contributed by atoms with van der Waals surface area (Å²) < 4.78 is 0. The van der Waals surface area contributed by atoms with Gasteiger partial charge in [0, 0.05) is 0 Å². The number of halogens is 2. The molecule has 0 amide bonds. The van der Waals surface area contributed by atoms with Crippen molar-refractivity contribution in [2.45, 2.75) is 108 Å². The van der Waals surface area contributed by atoms with Crippen LogP contribution >= 0.6 is 23.2 Å². The smallest absolute Gasteiger partial charge is 0.0967 e. The molecule has 43 heavy (non-hydrogen) atoms. The second kappa shape index (κ2) is 19.9. The van der Waals surface area contributed by atoms with Gasteiger partial charge in [-0.2, -0.15) is 0 Å². The lowest BCUT2D eigenvalue weighted by molar-refractivity contribution is 0.376. The highest BCUT2D eigenvalue weighted by molar-refractivity contribution is 6.40. The van der Waals surface area contributed by atoms with Crippen molar-refractivity contribution >= 4 is 23.2 Å². The first-order chi connectivity index (χ1) is 20.2. The summed E-state index contributed by atoms with van der Waals surface area (Å²) in [6.07, 6.45) is 38.4. The van der Waals surface area contributed by atoms with Gasteiger partial charge in [-0.15, -0.1) is 23.2 Å². The summed E-state index contributed by atoms with van der Waals surface area (Å²) in [6, 6.07) is 0. The Labute approximate surface area is 275 Å². The van der Waals surface area contributed by atoms with Crippen LogP contribution in [0.1, 0.15) is 108 Å². The molecule has 2 rings (SSSR count). The summed E-state index contributed by atoms with van der Waals surface area (Å²) in [5, 5.41) is 0.194. The zero-order valence-corrected chi connectivity index (χ0v) is 30.3. The lowest BCUT2D eigenvalue weighted by Gasteiger charge is -2.33. The van der Waals surface area contributed by atoms with Gasteiger partial charge in [0.15, 0.2) is 0 Å². The zero-order chi connectivity index (χ0) is 32.5. The molecule has 0 aromatic rings. The highest BCUT2D eigenvalue weighted by Gasteiger charge is 2.27. The van der Waals surface area contributed by atoms with Crippen molar-refractivity contribution in [1.29, 1.82) is 0 Å². The van der Waals surface area contributed by atoms with E-state index in [0.29, 0.717) is 10.8 Å². The lowest BCUT2D eigenvalue weighted by Crippen LogP contribution is -2.19. The van der Waals surface area contributed by atoms with E-state index in [4.69, 9.17) is 23.2 Å². The van der Waals surface area contributed by atoms with Gasteiger partial charge in [-0.1, -0.05) is 146 Å². The Morgan fingerprint density at radius 1 is 0.558 bits per heavy atom. The van der Waals surface area contributed by atoms with Crippen LogP contribution in [0.2, 0.25) is 0 Å². The van der Waals surface area contributed by atoms with E-state index in [1.54, 1.807) is 11.1 Å². The van der Waals surface area contributed by atoms with Crippen LogP contribution in [0.15, 0.2) is 130 Å². The Morgan fingerprint density at radius 3 is 1.19 bits per heavy atom. The molecule has 2 heteroatoms. The van der Waals surface area contributed by atoms with Gasteiger partial charge in [-0.25, -0.2) is 0 Å². The maximum atomic E-state index is 4.76. The largest absolute Gasteiger partial charge is 0.109 e. The molecule has 0 nitrogen and oxygen atoms in total. The van der Waals surface area contributed by atoms with Crippen LogP contribution in [0.3, 0.4) is 0 Å². The molecule has 0 spiro atoms. The molecule has 0 unspecified atom stereocenters. The van der Waals surface area contributed by atoms with Gasteiger partial charge >= 0.3 is 0 Å². The van der Waals surface area contributed by atoms with Crippen LogP contribution in [-0.2, 0) is 0 Å². The molecule has 0 heterocycles. The topological polar surface area (TPSA) is 0 Å². The molecule has 0 bridgehead atoms. The van der Waals surface area contributed by atoms with Crippen molar-refractivity contribution in [3.05, 3.63) is 130 Å². The minimum Gasteiger partial charge on any atom is -0.109 e. The van der Waals surface area contributed by atoms with Crippen molar-refractivity contribution in [2.24, 2.45) is 10.8 Å². The summed E-state index contributed by atoms with van der Waals surface area (Å²) in [6.45, 7) is 22.7. The zero-order valence-electron chi connectivity index (χ0n) is 28.8. The standard InChI is InChI=1S/C40H56.CH2Cl2/c1-31(19-13-21-33(3)25-27-37-35(5)23-15-29-39(37,7)8)17-11-12-18-32(2)20-14-22-34(4)26-28-38-36(6)24-16-30-40(38,9)10;2-1-3/h11-14,17-22,25-28H,15-16,23-24,29-30H2,1-10H3;1H2/b12-11+,19-13+,20-14+,27-25+,28-26+,31-17+,32-18+,33-21+,34-22+;. The highest BCUT2D eigenvalue weighted by Crippen LogP contribution is 2.41. The van der Waals surface area contributed by atoms with Gasteiger partial charge in [0.25, 0.3) is 0 Å². The third-order valence-corrected chi connectivity index (χ3v) is 8.38. The number of rotatable bonds is 10. The molecule has 0 saturated heterocycles. The van der Waals surface area contributed by atoms with Gasteiger partial charge in [0.1, 0.15) is 0 Å². The molecular formula is C41H58Cl2. The first kappa shape index (κ1) is 38.7. The molecule has 0 aromatic heterocycles. The minimum atomic E-state index is 0.194. The van der Waals surface area contributed by atoms with E-state index in [2.05, 4.69) is 154 Å². The van der Waals surface area contributed by atoms with E-state index in [9.17, 15) is 0 Å². The molecule has 0 aromatic carbocycles. The van der Waals surface area contributed by atoms with Crippen molar-refractivity contribution in [3.8, 4) is 0 Å². The van der Waals surface area contributed by atoms with E-state index in [-0.39, 0.29) is 5.34 Å². The van der Waals surface area contributed by atoms with E-state index < -0.39 is 0 Å². The lowest BCUT2D eigenvalue weighted by atomic mass is 9.72. The van der Waals surface area contributed by atoms with Crippen molar-refractivity contribution in [2.75, 3.05) is 5.34 Å². The van der Waals surface area contributed by atoms with Crippen LogP contribution < -0.4 is 0 Å². The van der Waals surface area contributed by atoms with E-state index in [1.807, 2.05) is 0 Å². The van der Waals surface area contributed by atoms with Gasteiger partial charge in [-0.05, 0) is 102 Å². The first-order valence-corrected chi connectivity index (χ1v) is 16.9. The van der Waals surface area contributed by atoms with Gasteiger partial charge in [0.2, 0.25) is 0 Å². The monoisotopic (exact) mass is 620 g/mol. The fourth-order valence-corrected chi connectivity index (χ4v) is 5.79. The second-order valence-electron chi connectivity index (χ2n) is 13.4. The molecule has 0 N–H and O–H groups in total. The van der Waals surface area contributed by atoms with Gasteiger partial charge < -0.3 is 0 Å². The third kappa shape index (κ3) is 15.3. The predicted molar refractivity (Wildman–Crippen MR) is 198 cm³/mol. The van der Waals surface area contributed by atoms with Crippen molar-refractivity contribution in [3.63, 3.8) is 0 Å². The fourth-order valence-electron chi connectivity index (χ4n) is 5.79. The second-order valence-corrected chi connectivity index (χ2v) is 14.2. The minimum absolute atomic E-state index is 0.194. The van der Waals surface area contributed by atoms with Crippen LogP contribution in [0.25, 0.3) is 0 Å². The number of alkyl halides is 2. The molecule has 0 atom stereocenters. The molecule has 0 fully saturated rings. The summed E-state index contributed by atoms with van der Waals surface area (Å²) in [4.78, 5) is 0. The molecule has 0 radical (unpaired) electrons. The Kier molecular flexibility index (Phi) is 17.9. The molecule has 0 saturated carbocycles. The summed E-state index contributed by atoms with van der Waals surface area (Å²) >= 11 is 9.53. The van der Waals surface area contributed by atoms with Crippen LogP contribution in [0.4, 0.5) is 0 Å². The Morgan fingerprint density at radius 2 is 0.860 bits per heavy atom. The van der Waals surface area contributed by atoms with E-state index in [0.717, 1.165) is 0 Å². The summed E-state index contributed by atoms with van der Waals surface area (Å²) in [7, 11) is 0. The molecule has 236 valence electrons. The third-order valence-electron chi connectivity index (χ3n) is 8.38. The normalized spacial score (nSPS) is 20.8. The molecule has 2 aliphatic rings. The van der Waals surface area contributed by atoms with Crippen LogP contribution in [-0.4, -0.2) is 5.34 Å². The van der Waals surface area contributed by atoms with Gasteiger partial charge in [-0.3, -0.25) is 0 Å². The van der Waals surface area contributed by atoms with Crippen molar-refractivity contribution < 1.29 is 0 Å². The molecule has 0 aliphatic heterocycles. The molecular weight excluding hydrogens is 563 g/mol. The fraction of sp³-hybridized carbons (Fsp3) is 0.463. The highest BCUT2D eigenvalue weighted by atomic mass is 35.5.